The number of nitrogens with two attached hydrogens (primary N) is 2. The zero-order valence-corrected chi connectivity index (χ0v) is 17.9. The highest BCUT2D eigenvalue weighted by molar-refractivity contribution is 6.59. The topological polar surface area (TPSA) is 168 Å². The Morgan fingerprint density at radius 1 is 1.35 bits per heavy atom. The van der Waals surface area contributed by atoms with Crippen LogP contribution in [-0.2, 0) is 4.79 Å². The van der Waals surface area contributed by atoms with Gasteiger partial charge in [-0.2, -0.15) is 0 Å². The van der Waals surface area contributed by atoms with E-state index in [0.717, 1.165) is 6.21 Å². The van der Waals surface area contributed by atoms with Crippen molar-refractivity contribution in [3.05, 3.63) is 35.6 Å². The molecule has 2 rings (SSSR count). The minimum Gasteiger partial charge on any atom is -0.388 e. The van der Waals surface area contributed by atoms with Crippen LogP contribution in [0.4, 0.5) is 4.39 Å². The number of amides is 1. The molecule has 0 aromatic carbocycles. The van der Waals surface area contributed by atoms with Crippen molar-refractivity contribution in [3.63, 3.8) is 0 Å². The number of allylic oxidation sites excluding steroid dienone is 1. The van der Waals surface area contributed by atoms with E-state index in [2.05, 4.69) is 16.9 Å². The Hall–Kier alpha value is -3.21. The fourth-order valence-corrected chi connectivity index (χ4v) is 3.32. The lowest BCUT2D eigenvalue weighted by Crippen LogP contribution is -2.33. The summed E-state index contributed by atoms with van der Waals surface area (Å²) < 4.78 is 13.4. The summed E-state index contributed by atoms with van der Waals surface area (Å²) in [5.41, 5.74) is 10.6. The predicted octanol–water partition coefficient (Wildman–Crippen LogP) is 0.175. The van der Waals surface area contributed by atoms with Gasteiger partial charge < -0.3 is 31.7 Å². The summed E-state index contributed by atoms with van der Waals surface area (Å²) in [7, 11) is 0. The van der Waals surface area contributed by atoms with Crippen molar-refractivity contribution in [1.82, 2.24) is 15.1 Å². The van der Waals surface area contributed by atoms with E-state index in [1.54, 1.807) is 18.7 Å². The molecule has 170 valence electrons. The van der Waals surface area contributed by atoms with Crippen LogP contribution >= 0.6 is 0 Å². The van der Waals surface area contributed by atoms with Crippen LogP contribution in [0.2, 0.25) is 0 Å². The third-order valence-electron chi connectivity index (χ3n) is 5.09. The van der Waals surface area contributed by atoms with Crippen molar-refractivity contribution in [2.75, 3.05) is 26.2 Å². The molecule has 0 aliphatic carbocycles. The van der Waals surface area contributed by atoms with Gasteiger partial charge in [-0.3, -0.25) is 15.6 Å². The molecule has 8 N–H and O–H groups in total. The number of alkyl halides is 1. The zero-order chi connectivity index (χ0) is 23.3. The van der Waals surface area contributed by atoms with E-state index in [4.69, 9.17) is 22.3 Å². The highest BCUT2D eigenvalue weighted by atomic mass is 19.1. The van der Waals surface area contributed by atoms with Crippen molar-refractivity contribution in [3.8, 4) is 0 Å². The summed E-state index contributed by atoms with van der Waals surface area (Å²) in [6, 6.07) is 0. The molecule has 10 nitrogen and oxygen atoms in total. The number of aliphatic hydroxyl groups is 1. The molecular formula is C20H31FN8O2. The minimum atomic E-state index is -1.01. The molecule has 0 saturated carbocycles. The fraction of sp³-hybridized carbons (Fsp3) is 0.500. The van der Waals surface area contributed by atoms with Gasteiger partial charge in [-0.25, -0.2) is 9.38 Å². The Morgan fingerprint density at radius 3 is 2.55 bits per heavy atom. The third-order valence-corrected chi connectivity index (χ3v) is 5.09. The third kappa shape index (κ3) is 6.64. The van der Waals surface area contributed by atoms with E-state index in [1.165, 1.54) is 11.0 Å². The van der Waals surface area contributed by atoms with Gasteiger partial charge in [0.1, 0.15) is 29.4 Å². The molecule has 2 unspecified atom stereocenters. The molecule has 2 fully saturated rings. The van der Waals surface area contributed by atoms with Crippen LogP contribution in [0.15, 0.2) is 40.6 Å². The molecular weight excluding hydrogens is 403 g/mol. The second-order valence-electron chi connectivity index (χ2n) is 8.09. The van der Waals surface area contributed by atoms with Gasteiger partial charge in [0.2, 0.25) is 0 Å². The first-order chi connectivity index (χ1) is 14.4. The molecule has 0 aromatic rings. The molecule has 11 heteroatoms. The number of carbonyl (C=O) groups excluding carboxylic acids is 1. The first-order valence-electron chi connectivity index (χ1n) is 9.91. The molecule has 2 aliphatic heterocycles. The van der Waals surface area contributed by atoms with Crippen LogP contribution in [0.5, 0.6) is 0 Å². The second-order valence-corrected chi connectivity index (χ2v) is 8.09. The van der Waals surface area contributed by atoms with Gasteiger partial charge in [0.05, 0.1) is 23.9 Å². The monoisotopic (exact) mass is 434 g/mol. The highest BCUT2D eigenvalue weighted by Gasteiger charge is 2.31. The van der Waals surface area contributed by atoms with Crippen LogP contribution in [0.3, 0.4) is 0 Å². The van der Waals surface area contributed by atoms with Crippen molar-refractivity contribution in [2.24, 2.45) is 16.5 Å². The van der Waals surface area contributed by atoms with E-state index in [-0.39, 0.29) is 23.8 Å². The van der Waals surface area contributed by atoms with Gasteiger partial charge in [0.15, 0.2) is 0 Å². The predicted molar refractivity (Wildman–Crippen MR) is 118 cm³/mol. The molecule has 2 saturated heterocycles. The number of halogens is 1. The zero-order valence-electron chi connectivity index (χ0n) is 17.9. The Labute approximate surface area is 181 Å². The summed E-state index contributed by atoms with van der Waals surface area (Å²) in [6.07, 6.45) is 2.40. The van der Waals surface area contributed by atoms with Gasteiger partial charge in [0, 0.05) is 25.3 Å². The summed E-state index contributed by atoms with van der Waals surface area (Å²) in [5, 5.41) is 28.6. The average Bonchev–Trinajstić information content (AvgIpc) is 3.28. The number of β-amino-alcohol motifs (C(OH)–C–C–N with tert-alkyl or cyclic N) is 1. The lowest BCUT2D eigenvalue weighted by Gasteiger charge is -2.20. The molecule has 0 spiro atoms. The standard InChI is InChI=1S/C20H31FN8O2/c1-12(8-15(17(23)24)18(25)28-6-4-14(21)10-28)27-19(30)16(22)9-26-13(2)29-7-5-20(3,31)11-29/h8-9,14,22,25,31H,2,4-7,10-11,23-24H2,1,3H3,(H,27,30)/b12-8+,22-16?,25-18?,26-9-. The van der Waals surface area contributed by atoms with Gasteiger partial charge in [0.25, 0.3) is 5.91 Å². The minimum absolute atomic E-state index is 0.0248. The summed E-state index contributed by atoms with van der Waals surface area (Å²) in [6.45, 7) is 8.54. The molecule has 1 amide bonds. The summed E-state index contributed by atoms with van der Waals surface area (Å²) >= 11 is 0. The molecule has 2 aliphatic rings. The van der Waals surface area contributed by atoms with Crippen LogP contribution < -0.4 is 16.8 Å². The fourth-order valence-electron chi connectivity index (χ4n) is 3.32. The Bertz CT molecular complexity index is 857. The first kappa shape index (κ1) is 24.1. The lowest BCUT2D eigenvalue weighted by atomic mass is 10.1. The van der Waals surface area contributed by atoms with E-state index in [1.807, 2.05) is 0 Å². The maximum Gasteiger partial charge on any atom is 0.274 e. The maximum atomic E-state index is 13.4. The number of aliphatic imine (C=N–C) groups is 1. The van der Waals surface area contributed by atoms with E-state index in [9.17, 15) is 14.3 Å². The van der Waals surface area contributed by atoms with Crippen LogP contribution in [-0.4, -0.2) is 76.5 Å². The average molecular weight is 435 g/mol. The number of amidine groups is 1. The number of likely N-dealkylation sites (tertiary alicyclic amines) is 2. The van der Waals surface area contributed by atoms with Gasteiger partial charge in [-0.05, 0) is 32.8 Å². The number of hydrogen-bond acceptors (Lipinski definition) is 8. The van der Waals surface area contributed by atoms with Crippen molar-refractivity contribution in [1.29, 1.82) is 10.8 Å². The lowest BCUT2D eigenvalue weighted by molar-refractivity contribution is -0.114. The Kier molecular flexibility index (Phi) is 7.55. The van der Waals surface area contributed by atoms with Gasteiger partial charge in [-0.1, -0.05) is 6.58 Å². The molecule has 2 heterocycles. The molecule has 2 atom stereocenters. The van der Waals surface area contributed by atoms with Crippen molar-refractivity contribution < 1.29 is 14.3 Å². The smallest absolute Gasteiger partial charge is 0.274 e. The summed E-state index contributed by atoms with van der Waals surface area (Å²) in [5.74, 6) is -0.516. The number of rotatable bonds is 7. The normalized spacial score (nSPS) is 23.9. The quantitative estimate of drug-likeness (QED) is 0.190. The van der Waals surface area contributed by atoms with Crippen LogP contribution in [0, 0.1) is 10.8 Å². The highest BCUT2D eigenvalue weighted by Crippen LogP contribution is 2.23. The number of hydrogen-bond donors (Lipinski definition) is 6. The molecule has 31 heavy (non-hydrogen) atoms. The van der Waals surface area contributed by atoms with Crippen molar-refractivity contribution >= 4 is 23.7 Å². The van der Waals surface area contributed by atoms with Gasteiger partial charge in [-0.15, -0.1) is 0 Å². The number of nitrogens with one attached hydrogen (secondary N) is 3. The van der Waals surface area contributed by atoms with E-state index < -0.39 is 23.4 Å². The molecule has 0 bridgehead atoms. The van der Waals surface area contributed by atoms with Crippen LogP contribution in [0.1, 0.15) is 26.7 Å². The summed E-state index contributed by atoms with van der Waals surface area (Å²) in [4.78, 5) is 19.6. The Balaban J connectivity index is 1.97. The van der Waals surface area contributed by atoms with E-state index in [0.29, 0.717) is 44.0 Å². The Morgan fingerprint density at radius 2 is 2.03 bits per heavy atom. The maximum absolute atomic E-state index is 13.4. The largest absolute Gasteiger partial charge is 0.388 e. The molecule has 0 aromatic heterocycles. The number of nitrogens with zero attached hydrogens (tertiary/aromatic N) is 3. The van der Waals surface area contributed by atoms with Crippen molar-refractivity contribution in [2.45, 2.75) is 38.5 Å². The van der Waals surface area contributed by atoms with E-state index >= 15 is 0 Å². The SMILES string of the molecule is C=C(/N=C\C(=N)C(=O)N/C(C)=C/C(C(=N)N1CCC(F)C1)=C(N)N)N1CCC(C)(O)C1. The first-order valence-corrected chi connectivity index (χ1v) is 9.91. The van der Waals surface area contributed by atoms with Crippen LogP contribution in [0.25, 0.3) is 0 Å². The van der Waals surface area contributed by atoms with Gasteiger partial charge >= 0.3 is 0 Å². The molecule has 0 radical (unpaired) electrons. The number of carbonyl (C=O) groups is 1. The second kappa shape index (κ2) is 9.73.